The maximum atomic E-state index is 13.5. The second kappa shape index (κ2) is 10.8. The number of nitrogens with zero attached hydrogens (tertiary/aromatic N) is 1. The molecular weight excluding hydrogens is 529 g/mol. The zero-order chi connectivity index (χ0) is 22.9. The lowest BCUT2D eigenvalue weighted by molar-refractivity contribution is -0.922. The predicted molar refractivity (Wildman–Crippen MR) is 126 cm³/mol. The fourth-order valence-corrected chi connectivity index (χ4v) is 5.43. The van der Waals surface area contributed by atoms with E-state index in [1.54, 1.807) is 7.11 Å². The molecule has 4 rings (SSSR count). The number of carbonyl (C=O) groups is 1. The zero-order valence-corrected chi connectivity index (χ0v) is 22.9. The minimum Gasteiger partial charge on any atom is -1.00 e. The van der Waals surface area contributed by atoms with Crippen LogP contribution in [-0.2, 0) is 11.2 Å². The molecule has 6 heteroatoms. The number of rotatable bonds is 7. The van der Waals surface area contributed by atoms with Crippen LogP contribution >= 0.6 is 0 Å². The first-order chi connectivity index (χ1) is 15.3. The minimum absolute atomic E-state index is 0. The van der Waals surface area contributed by atoms with Gasteiger partial charge in [0.2, 0.25) is 12.5 Å². The highest BCUT2D eigenvalue weighted by Gasteiger charge is 2.43. The molecule has 2 aliphatic heterocycles. The predicted octanol–water partition coefficient (Wildman–Crippen LogP) is 2.53. The molecule has 0 radical (unpaired) electrons. The standard InChI is InChI=1S/C27H38NO4.HI/c1-18(2)7-6-8-19-9-11-20(12-10-19)23(29)16-22-25-21(13-14-28(22,3)4)15-24-26(27(25)30-5)32-17-31-24;/h7,9,15,20,22H,6,8,10-14,16-17H2,1-5H3;1H/q+1;/p-1. The van der Waals surface area contributed by atoms with Crippen molar-refractivity contribution in [3.05, 3.63) is 40.5 Å². The highest BCUT2D eigenvalue weighted by Crippen LogP contribution is 2.51. The first kappa shape index (κ1) is 26.1. The van der Waals surface area contributed by atoms with E-state index in [1.165, 1.54) is 16.7 Å². The fraction of sp³-hybridized carbons (Fsp3) is 0.593. The van der Waals surface area contributed by atoms with Crippen molar-refractivity contribution in [2.75, 3.05) is 34.5 Å². The highest BCUT2D eigenvalue weighted by atomic mass is 127. The van der Waals surface area contributed by atoms with Gasteiger partial charge < -0.3 is 42.7 Å². The van der Waals surface area contributed by atoms with Gasteiger partial charge in [0.05, 0.1) is 39.7 Å². The van der Waals surface area contributed by atoms with Gasteiger partial charge in [0, 0.05) is 12.3 Å². The molecule has 0 N–H and O–H groups in total. The summed E-state index contributed by atoms with van der Waals surface area (Å²) in [6.45, 7) is 5.51. The fourth-order valence-electron chi connectivity index (χ4n) is 5.43. The molecule has 0 aromatic heterocycles. The summed E-state index contributed by atoms with van der Waals surface area (Å²) in [6, 6.07) is 2.16. The molecule has 0 saturated heterocycles. The van der Waals surface area contributed by atoms with Crippen molar-refractivity contribution >= 4 is 5.78 Å². The van der Waals surface area contributed by atoms with Gasteiger partial charge in [-0.25, -0.2) is 0 Å². The normalized spacial score (nSPS) is 22.5. The van der Waals surface area contributed by atoms with Crippen LogP contribution in [0.4, 0.5) is 0 Å². The van der Waals surface area contributed by atoms with Crippen molar-refractivity contribution in [2.24, 2.45) is 5.92 Å². The van der Waals surface area contributed by atoms with Gasteiger partial charge in [-0.2, -0.15) is 0 Å². The Hall–Kier alpha value is -1.54. The van der Waals surface area contributed by atoms with Gasteiger partial charge in [-0.05, 0) is 57.6 Å². The van der Waals surface area contributed by atoms with Crippen molar-refractivity contribution in [2.45, 2.75) is 64.8 Å². The molecule has 0 spiro atoms. The molecule has 0 bridgehead atoms. The van der Waals surface area contributed by atoms with Gasteiger partial charge in [0.1, 0.15) is 11.8 Å². The van der Waals surface area contributed by atoms with E-state index in [-0.39, 0.29) is 42.7 Å². The van der Waals surface area contributed by atoms with Crippen molar-refractivity contribution in [1.29, 1.82) is 0 Å². The molecule has 2 atom stereocenters. The third-order valence-electron chi connectivity index (χ3n) is 7.46. The number of ether oxygens (including phenoxy) is 3. The third-order valence-corrected chi connectivity index (χ3v) is 7.46. The third kappa shape index (κ3) is 5.59. The number of quaternary nitrogens is 1. The zero-order valence-electron chi connectivity index (χ0n) is 20.7. The lowest BCUT2D eigenvalue weighted by Gasteiger charge is -2.43. The molecule has 0 fully saturated rings. The topological polar surface area (TPSA) is 44.8 Å². The molecule has 33 heavy (non-hydrogen) atoms. The van der Waals surface area contributed by atoms with Crippen molar-refractivity contribution in [3.8, 4) is 17.2 Å². The number of Topliss-reactive ketones (excluding diaryl/α,β-unsaturated/α-hetero) is 1. The van der Waals surface area contributed by atoms with E-state index in [2.05, 4.69) is 46.2 Å². The van der Waals surface area contributed by atoms with Crippen LogP contribution in [0, 0.1) is 5.92 Å². The lowest BCUT2D eigenvalue weighted by Crippen LogP contribution is -3.00. The molecule has 5 nitrogen and oxygen atoms in total. The van der Waals surface area contributed by atoms with Crippen LogP contribution in [0.25, 0.3) is 0 Å². The van der Waals surface area contributed by atoms with Gasteiger partial charge in [0.25, 0.3) is 0 Å². The van der Waals surface area contributed by atoms with Crippen LogP contribution in [0.3, 0.4) is 0 Å². The Bertz CT molecular complexity index is 946. The summed E-state index contributed by atoms with van der Waals surface area (Å²) >= 11 is 0. The number of methoxy groups -OCH3 is 1. The largest absolute Gasteiger partial charge is 1.00 e. The molecule has 1 aromatic carbocycles. The molecular formula is C27H38INO4. The van der Waals surface area contributed by atoms with Crippen LogP contribution in [0.2, 0.25) is 0 Å². The van der Waals surface area contributed by atoms with Gasteiger partial charge >= 0.3 is 0 Å². The molecule has 1 aliphatic carbocycles. The van der Waals surface area contributed by atoms with E-state index >= 15 is 0 Å². The second-order valence-corrected chi connectivity index (χ2v) is 10.3. The molecule has 1 aromatic rings. The van der Waals surface area contributed by atoms with E-state index in [9.17, 15) is 4.79 Å². The van der Waals surface area contributed by atoms with E-state index in [0.717, 1.165) is 66.6 Å². The number of fused-ring (bicyclic) bond motifs is 2. The highest BCUT2D eigenvalue weighted by molar-refractivity contribution is 5.82. The lowest BCUT2D eigenvalue weighted by atomic mass is 9.80. The number of carbonyl (C=O) groups excluding carboxylic acids is 1. The number of ketones is 1. The van der Waals surface area contributed by atoms with Crippen LogP contribution in [0.15, 0.2) is 29.4 Å². The Morgan fingerprint density at radius 2 is 2.03 bits per heavy atom. The van der Waals surface area contributed by atoms with Gasteiger partial charge in [-0.3, -0.25) is 4.79 Å². The maximum absolute atomic E-state index is 13.5. The summed E-state index contributed by atoms with van der Waals surface area (Å²) in [5.41, 5.74) is 5.25. The van der Waals surface area contributed by atoms with Crippen LogP contribution < -0.4 is 38.2 Å². The molecule has 182 valence electrons. The van der Waals surface area contributed by atoms with Gasteiger partial charge in [0.15, 0.2) is 11.5 Å². The summed E-state index contributed by atoms with van der Waals surface area (Å²) in [4.78, 5) is 13.5. The smallest absolute Gasteiger partial charge is 0.231 e. The molecule has 2 unspecified atom stereocenters. The molecule has 0 saturated carbocycles. The van der Waals surface area contributed by atoms with Crippen molar-refractivity contribution in [1.82, 2.24) is 0 Å². The number of allylic oxidation sites excluding steroid dienone is 4. The summed E-state index contributed by atoms with van der Waals surface area (Å²) in [6.07, 6.45) is 11.3. The monoisotopic (exact) mass is 567 g/mol. The number of benzene rings is 1. The number of hydrogen-bond acceptors (Lipinski definition) is 4. The average Bonchev–Trinajstić information content (AvgIpc) is 3.22. The number of hydrogen-bond donors (Lipinski definition) is 0. The first-order valence-corrected chi connectivity index (χ1v) is 12.0. The molecule has 3 aliphatic rings. The Labute approximate surface area is 215 Å². The summed E-state index contributed by atoms with van der Waals surface area (Å²) < 4.78 is 18.0. The van der Waals surface area contributed by atoms with E-state index in [4.69, 9.17) is 14.2 Å². The SMILES string of the molecule is COc1c2c(cc3c1C(CC(=O)C1CC=C(CCC=C(C)C)CC1)[N+](C)(C)CC3)OCO2.[I-]. The van der Waals surface area contributed by atoms with Crippen molar-refractivity contribution in [3.63, 3.8) is 0 Å². The maximum Gasteiger partial charge on any atom is 0.231 e. The molecule has 0 amide bonds. The van der Waals surface area contributed by atoms with Gasteiger partial charge in [-0.1, -0.05) is 23.3 Å². The van der Waals surface area contributed by atoms with E-state index in [1.807, 2.05) is 0 Å². The van der Waals surface area contributed by atoms with Gasteiger partial charge in [-0.15, -0.1) is 0 Å². The van der Waals surface area contributed by atoms with Crippen LogP contribution in [0.5, 0.6) is 17.2 Å². The molecule has 2 heterocycles. The minimum atomic E-state index is 0. The number of halogens is 1. The second-order valence-electron chi connectivity index (χ2n) is 10.3. The van der Waals surface area contributed by atoms with E-state index < -0.39 is 0 Å². The Kier molecular flexibility index (Phi) is 8.54. The Morgan fingerprint density at radius 3 is 2.70 bits per heavy atom. The summed E-state index contributed by atoms with van der Waals surface area (Å²) in [5, 5.41) is 0. The summed E-state index contributed by atoms with van der Waals surface area (Å²) in [5.74, 6) is 2.72. The van der Waals surface area contributed by atoms with Crippen LogP contribution in [0.1, 0.15) is 69.5 Å². The summed E-state index contributed by atoms with van der Waals surface area (Å²) in [7, 11) is 6.15. The average molecular weight is 568 g/mol. The van der Waals surface area contributed by atoms with Crippen LogP contribution in [-0.4, -0.2) is 44.8 Å². The number of likely N-dealkylation sites (N-methyl/N-ethyl adjacent to an activating group) is 1. The quantitative estimate of drug-likeness (QED) is 0.289. The first-order valence-electron chi connectivity index (χ1n) is 12.0. The van der Waals surface area contributed by atoms with E-state index in [0.29, 0.717) is 18.0 Å². The Morgan fingerprint density at radius 1 is 1.24 bits per heavy atom. The van der Waals surface area contributed by atoms with Crippen molar-refractivity contribution < 1.29 is 47.5 Å². The Balaban J connectivity index is 0.00000306.